The molecule has 0 spiro atoms. The van der Waals surface area contributed by atoms with Crippen LogP contribution in [0.4, 0.5) is 0 Å². The van der Waals surface area contributed by atoms with Crippen LogP contribution in [0.3, 0.4) is 0 Å². The first-order valence-corrected chi connectivity index (χ1v) is 7.55. The molecule has 1 aliphatic rings. The summed E-state index contributed by atoms with van der Waals surface area (Å²) >= 11 is 0. The monoisotopic (exact) mass is 323 g/mol. The maximum absolute atomic E-state index is 12.3. The molecule has 0 aromatic heterocycles. The Kier molecular flexibility index (Phi) is 4.44. The molecule has 5 heteroatoms. The van der Waals surface area contributed by atoms with Gasteiger partial charge in [-0.05, 0) is 47.9 Å². The second-order valence-corrected chi connectivity index (χ2v) is 5.71. The maximum atomic E-state index is 12.3. The Balaban J connectivity index is 1.84. The molecule has 0 fully saturated rings. The molecule has 0 bridgehead atoms. The zero-order valence-corrected chi connectivity index (χ0v) is 13.2. The summed E-state index contributed by atoms with van der Waals surface area (Å²) < 4.78 is 5.35. The minimum atomic E-state index is -1.19. The average Bonchev–Trinajstić information content (AvgIpc) is 3.01. The zero-order chi connectivity index (χ0) is 17.1. The lowest BCUT2D eigenvalue weighted by Crippen LogP contribution is -2.27. The molecular weight excluding hydrogens is 306 g/mol. The van der Waals surface area contributed by atoms with E-state index in [1.165, 1.54) is 6.08 Å². The molecule has 3 rings (SSSR count). The normalized spacial score (nSPS) is 13.5. The number of carbonyl (C=O) groups excluding carboxylic acids is 1. The number of ether oxygens (including phenoxy) is 1. The van der Waals surface area contributed by atoms with Gasteiger partial charge in [0.1, 0.15) is 5.70 Å². The Morgan fingerprint density at radius 1 is 1.12 bits per heavy atom. The summed E-state index contributed by atoms with van der Waals surface area (Å²) in [6, 6.07) is 12.6. The molecule has 0 radical (unpaired) electrons. The fraction of sp³-hybridized carbons (Fsp3) is 0.158. The highest BCUT2D eigenvalue weighted by molar-refractivity contribution is 6.02. The topological polar surface area (TPSA) is 75.6 Å². The quantitative estimate of drug-likeness (QED) is 0.848. The van der Waals surface area contributed by atoms with E-state index in [-0.39, 0.29) is 5.70 Å². The Hall–Kier alpha value is -2.92. The first-order valence-electron chi connectivity index (χ1n) is 7.55. The molecule has 2 aromatic rings. The summed E-state index contributed by atoms with van der Waals surface area (Å²) in [5, 5.41) is 11.8. The van der Waals surface area contributed by atoms with Gasteiger partial charge in [-0.25, -0.2) is 4.79 Å². The molecule has 0 atom stereocenters. The maximum Gasteiger partial charge on any atom is 0.352 e. The Morgan fingerprint density at radius 2 is 1.92 bits per heavy atom. The molecule has 2 aromatic carbocycles. The van der Waals surface area contributed by atoms with Crippen molar-refractivity contribution in [3.63, 3.8) is 0 Å². The zero-order valence-electron chi connectivity index (χ0n) is 13.2. The van der Waals surface area contributed by atoms with Crippen LogP contribution in [-0.2, 0) is 22.7 Å². The second-order valence-electron chi connectivity index (χ2n) is 5.71. The minimum absolute atomic E-state index is 0.166. The number of hydrogen-bond donors (Lipinski definition) is 2. The SMILES string of the molecule is Cc1cccc(C(=O)NC(=Cc2ccc3c(c2)COC3)C(=O)O)c1. The van der Waals surface area contributed by atoms with Crippen LogP contribution in [-0.4, -0.2) is 17.0 Å². The lowest BCUT2D eigenvalue weighted by atomic mass is 10.1. The molecule has 0 unspecified atom stereocenters. The molecule has 2 N–H and O–H groups in total. The van der Waals surface area contributed by atoms with Gasteiger partial charge >= 0.3 is 5.97 Å². The van der Waals surface area contributed by atoms with E-state index >= 15 is 0 Å². The van der Waals surface area contributed by atoms with Crippen molar-refractivity contribution in [2.24, 2.45) is 0 Å². The van der Waals surface area contributed by atoms with E-state index < -0.39 is 11.9 Å². The molecule has 1 heterocycles. The second kappa shape index (κ2) is 6.68. The van der Waals surface area contributed by atoms with Gasteiger partial charge in [0.15, 0.2) is 0 Å². The largest absolute Gasteiger partial charge is 0.477 e. The number of aliphatic carboxylic acids is 1. The van der Waals surface area contributed by atoms with E-state index in [0.717, 1.165) is 16.7 Å². The third-order valence-electron chi connectivity index (χ3n) is 3.82. The van der Waals surface area contributed by atoms with E-state index in [1.54, 1.807) is 18.2 Å². The van der Waals surface area contributed by atoms with Crippen molar-refractivity contribution < 1.29 is 19.4 Å². The first kappa shape index (κ1) is 16.0. The highest BCUT2D eigenvalue weighted by Crippen LogP contribution is 2.22. The molecule has 0 saturated heterocycles. The summed E-state index contributed by atoms with van der Waals surface area (Å²) in [5.74, 6) is -1.63. The molecule has 24 heavy (non-hydrogen) atoms. The van der Waals surface area contributed by atoms with Crippen LogP contribution < -0.4 is 5.32 Å². The molecule has 1 amide bonds. The number of benzene rings is 2. The first-order chi connectivity index (χ1) is 11.5. The van der Waals surface area contributed by atoms with Crippen LogP contribution in [0.15, 0.2) is 48.2 Å². The lowest BCUT2D eigenvalue weighted by molar-refractivity contribution is -0.132. The molecule has 5 nitrogen and oxygen atoms in total. The summed E-state index contributed by atoms with van der Waals surface area (Å²) in [5.41, 5.74) is 4.04. The van der Waals surface area contributed by atoms with E-state index in [1.807, 2.05) is 31.2 Å². The van der Waals surface area contributed by atoms with Gasteiger partial charge in [0.2, 0.25) is 0 Å². The van der Waals surface area contributed by atoms with Crippen LogP contribution in [0.5, 0.6) is 0 Å². The van der Waals surface area contributed by atoms with Crippen LogP contribution in [0.2, 0.25) is 0 Å². The van der Waals surface area contributed by atoms with Crippen LogP contribution in [0.25, 0.3) is 6.08 Å². The summed E-state index contributed by atoms with van der Waals surface area (Å²) in [4.78, 5) is 23.7. The van der Waals surface area contributed by atoms with E-state index in [0.29, 0.717) is 24.3 Å². The van der Waals surface area contributed by atoms with Gasteiger partial charge in [0, 0.05) is 5.56 Å². The van der Waals surface area contributed by atoms with Gasteiger partial charge in [-0.2, -0.15) is 0 Å². The number of carboxylic acid groups (broad SMARTS) is 1. The number of fused-ring (bicyclic) bond motifs is 1. The number of nitrogens with one attached hydrogen (secondary N) is 1. The van der Waals surface area contributed by atoms with Crippen molar-refractivity contribution in [3.8, 4) is 0 Å². The summed E-state index contributed by atoms with van der Waals surface area (Å²) in [6.07, 6.45) is 1.45. The Bertz CT molecular complexity index is 839. The lowest BCUT2D eigenvalue weighted by Gasteiger charge is -2.07. The summed E-state index contributed by atoms with van der Waals surface area (Å²) in [6.45, 7) is 2.97. The molecule has 0 saturated carbocycles. The third kappa shape index (κ3) is 3.52. The number of aryl methyl sites for hydroxylation is 1. The summed E-state index contributed by atoms with van der Waals surface area (Å²) in [7, 11) is 0. The van der Waals surface area contributed by atoms with Crippen molar-refractivity contribution in [3.05, 3.63) is 76.0 Å². The highest BCUT2D eigenvalue weighted by Gasteiger charge is 2.15. The van der Waals surface area contributed by atoms with Gasteiger partial charge in [-0.15, -0.1) is 0 Å². The predicted molar refractivity (Wildman–Crippen MR) is 89.2 cm³/mol. The van der Waals surface area contributed by atoms with Crippen molar-refractivity contribution in [1.29, 1.82) is 0 Å². The van der Waals surface area contributed by atoms with Gasteiger partial charge in [0.25, 0.3) is 5.91 Å². The average molecular weight is 323 g/mol. The van der Waals surface area contributed by atoms with Gasteiger partial charge < -0.3 is 15.2 Å². The number of carboxylic acids is 1. The highest BCUT2D eigenvalue weighted by atomic mass is 16.5. The standard InChI is InChI=1S/C19H17NO4/c1-12-3-2-4-14(7-12)18(21)20-17(19(22)23)9-13-5-6-15-10-24-11-16(15)8-13/h2-9H,10-11H2,1H3,(H,20,21)(H,22,23). The fourth-order valence-corrected chi connectivity index (χ4v) is 2.58. The third-order valence-corrected chi connectivity index (χ3v) is 3.82. The van der Waals surface area contributed by atoms with Crippen LogP contribution >= 0.6 is 0 Å². The van der Waals surface area contributed by atoms with Crippen LogP contribution in [0, 0.1) is 6.92 Å². The number of rotatable bonds is 4. The van der Waals surface area contributed by atoms with E-state index in [4.69, 9.17) is 4.74 Å². The van der Waals surface area contributed by atoms with E-state index in [9.17, 15) is 14.7 Å². The Labute approximate surface area is 139 Å². The van der Waals surface area contributed by atoms with Gasteiger partial charge in [0.05, 0.1) is 13.2 Å². The number of carbonyl (C=O) groups is 2. The van der Waals surface area contributed by atoms with E-state index in [2.05, 4.69) is 5.32 Å². The smallest absolute Gasteiger partial charge is 0.352 e. The fourth-order valence-electron chi connectivity index (χ4n) is 2.58. The molecule has 1 aliphatic heterocycles. The molecule has 122 valence electrons. The van der Waals surface area contributed by atoms with Gasteiger partial charge in [-0.1, -0.05) is 29.8 Å². The molecule has 0 aliphatic carbocycles. The number of hydrogen-bond acceptors (Lipinski definition) is 3. The molecular formula is C19H17NO4. The Morgan fingerprint density at radius 3 is 2.67 bits per heavy atom. The number of amides is 1. The van der Waals surface area contributed by atoms with Crippen LogP contribution in [0.1, 0.15) is 32.6 Å². The van der Waals surface area contributed by atoms with Gasteiger partial charge in [-0.3, -0.25) is 4.79 Å². The van der Waals surface area contributed by atoms with Crippen molar-refractivity contribution >= 4 is 18.0 Å². The van der Waals surface area contributed by atoms with Crippen molar-refractivity contribution in [1.82, 2.24) is 5.32 Å². The van der Waals surface area contributed by atoms with Crippen molar-refractivity contribution in [2.45, 2.75) is 20.1 Å². The minimum Gasteiger partial charge on any atom is -0.477 e. The predicted octanol–water partition coefficient (Wildman–Crippen LogP) is 2.88. The van der Waals surface area contributed by atoms with Crippen molar-refractivity contribution in [2.75, 3.05) is 0 Å².